The highest BCUT2D eigenvalue weighted by molar-refractivity contribution is 5.91. The molecular formula is C25H31F3N4O3. The first-order chi connectivity index (χ1) is 16.8. The van der Waals surface area contributed by atoms with Gasteiger partial charge in [0.2, 0.25) is 0 Å². The highest BCUT2D eigenvalue weighted by Gasteiger charge is 2.31. The number of amides is 2. The molecule has 1 saturated heterocycles. The molecule has 2 heterocycles. The molecule has 0 spiro atoms. The van der Waals surface area contributed by atoms with E-state index in [0.717, 1.165) is 49.6 Å². The van der Waals surface area contributed by atoms with Gasteiger partial charge in [0.05, 0.1) is 24.5 Å². The van der Waals surface area contributed by atoms with Crippen LogP contribution >= 0.6 is 0 Å². The zero-order valence-corrected chi connectivity index (χ0v) is 19.7. The predicted molar refractivity (Wildman–Crippen MR) is 127 cm³/mol. The summed E-state index contributed by atoms with van der Waals surface area (Å²) < 4.78 is 50.4. The molecule has 2 aliphatic rings. The summed E-state index contributed by atoms with van der Waals surface area (Å²) >= 11 is 0. The second kappa shape index (κ2) is 11.0. The van der Waals surface area contributed by atoms with Crippen LogP contribution in [0.3, 0.4) is 0 Å². The third-order valence-electron chi connectivity index (χ3n) is 6.48. The molecule has 35 heavy (non-hydrogen) atoms. The van der Waals surface area contributed by atoms with Gasteiger partial charge in [-0.1, -0.05) is 0 Å². The number of hydrogen-bond acceptors (Lipinski definition) is 5. The monoisotopic (exact) mass is 492 g/mol. The van der Waals surface area contributed by atoms with Gasteiger partial charge in [-0.2, -0.15) is 13.2 Å². The average Bonchev–Trinajstić information content (AvgIpc) is 2.85. The molecule has 2 fully saturated rings. The minimum absolute atomic E-state index is 0.0287. The Hall–Kier alpha value is -3.17. The summed E-state index contributed by atoms with van der Waals surface area (Å²) in [4.78, 5) is 19.2. The van der Waals surface area contributed by atoms with E-state index in [9.17, 15) is 18.0 Å². The van der Waals surface area contributed by atoms with Crippen LogP contribution in [0.2, 0.25) is 0 Å². The Morgan fingerprint density at radius 2 is 1.80 bits per heavy atom. The van der Waals surface area contributed by atoms with E-state index in [1.54, 1.807) is 6.20 Å². The molecule has 1 aliphatic heterocycles. The number of nitrogens with one attached hydrogen (secondary N) is 2. The molecule has 7 nitrogen and oxygen atoms in total. The summed E-state index contributed by atoms with van der Waals surface area (Å²) in [5.74, 6) is 1.90. The number of rotatable bonds is 6. The Morgan fingerprint density at radius 1 is 1.06 bits per heavy atom. The van der Waals surface area contributed by atoms with E-state index in [0.29, 0.717) is 12.8 Å². The van der Waals surface area contributed by atoms with Crippen LogP contribution in [0, 0.1) is 0 Å². The molecule has 1 aliphatic carbocycles. The second-order valence-electron chi connectivity index (χ2n) is 9.00. The van der Waals surface area contributed by atoms with Crippen LogP contribution in [0.1, 0.15) is 50.5 Å². The molecule has 0 radical (unpaired) electrons. The molecule has 2 aromatic rings. The molecule has 4 rings (SSSR count). The van der Waals surface area contributed by atoms with Crippen LogP contribution in [0.4, 0.5) is 29.5 Å². The quantitative estimate of drug-likeness (QED) is 0.548. The van der Waals surface area contributed by atoms with Crippen molar-refractivity contribution in [2.45, 2.75) is 63.3 Å². The number of aromatic nitrogens is 1. The fraction of sp³-hybridized carbons (Fsp3) is 0.520. The van der Waals surface area contributed by atoms with Crippen molar-refractivity contribution in [3.8, 4) is 11.5 Å². The highest BCUT2D eigenvalue weighted by atomic mass is 19.4. The Labute approximate surface area is 203 Å². The van der Waals surface area contributed by atoms with E-state index in [-0.39, 0.29) is 23.6 Å². The van der Waals surface area contributed by atoms with Crippen LogP contribution in [-0.2, 0) is 6.18 Å². The van der Waals surface area contributed by atoms with Crippen molar-refractivity contribution in [2.75, 3.05) is 30.4 Å². The summed E-state index contributed by atoms with van der Waals surface area (Å²) in [5.41, 5.74) is -0.884. The minimum Gasteiger partial charge on any atom is -0.495 e. The van der Waals surface area contributed by atoms with Crippen molar-refractivity contribution in [3.63, 3.8) is 0 Å². The Balaban J connectivity index is 1.27. The molecule has 0 bridgehead atoms. The number of benzene rings is 1. The van der Waals surface area contributed by atoms with Crippen LogP contribution < -0.4 is 25.0 Å². The zero-order chi connectivity index (χ0) is 24.8. The molecule has 190 valence electrons. The number of nitrogens with zero attached hydrogens (tertiary/aromatic N) is 2. The SMILES string of the molecule is COc1ccc(C(F)(F)F)cc1NC(=O)NC1CCC(Oc2ccnc(N3CCCCC3)c2)CC1. The molecule has 10 heteroatoms. The maximum absolute atomic E-state index is 13.0. The van der Waals surface area contributed by atoms with Crippen LogP contribution in [0.15, 0.2) is 36.5 Å². The van der Waals surface area contributed by atoms with Gasteiger partial charge in [0.15, 0.2) is 0 Å². The lowest BCUT2D eigenvalue weighted by Gasteiger charge is -2.30. The number of hydrogen-bond donors (Lipinski definition) is 2. The molecule has 1 aromatic heterocycles. The molecular weight excluding hydrogens is 461 g/mol. The normalized spacial score (nSPS) is 20.7. The van der Waals surface area contributed by atoms with Crippen molar-refractivity contribution in [1.29, 1.82) is 0 Å². The number of ether oxygens (including phenoxy) is 2. The molecule has 1 aromatic carbocycles. The van der Waals surface area contributed by atoms with Gasteiger partial charge in [-0.3, -0.25) is 0 Å². The van der Waals surface area contributed by atoms with E-state index in [4.69, 9.17) is 9.47 Å². The standard InChI is InChI=1S/C25H31F3N4O3/c1-34-22-10-5-17(25(26,27)28)15-21(22)31-24(33)30-18-6-8-19(9-7-18)35-20-11-12-29-23(16-20)32-13-3-2-4-14-32/h5,10-12,15-16,18-19H,2-4,6-9,13-14H2,1H3,(H2,30,31,33). The lowest BCUT2D eigenvalue weighted by Crippen LogP contribution is -2.41. The molecule has 0 atom stereocenters. The van der Waals surface area contributed by atoms with Gasteiger partial charge in [-0.05, 0) is 69.2 Å². The number of alkyl halides is 3. The van der Waals surface area contributed by atoms with E-state index < -0.39 is 17.8 Å². The van der Waals surface area contributed by atoms with Crippen molar-refractivity contribution in [2.24, 2.45) is 0 Å². The maximum Gasteiger partial charge on any atom is 0.416 e. The fourth-order valence-electron chi connectivity index (χ4n) is 4.61. The number of pyridine rings is 1. The molecule has 2 N–H and O–H groups in total. The topological polar surface area (TPSA) is 75.7 Å². The fourth-order valence-corrected chi connectivity index (χ4v) is 4.61. The lowest BCUT2D eigenvalue weighted by molar-refractivity contribution is -0.137. The Bertz CT molecular complexity index is 1000. The Kier molecular flexibility index (Phi) is 7.87. The number of halogens is 3. The summed E-state index contributed by atoms with van der Waals surface area (Å²) in [7, 11) is 1.34. The maximum atomic E-state index is 13.0. The first-order valence-electron chi connectivity index (χ1n) is 12.0. The Morgan fingerprint density at radius 3 is 2.49 bits per heavy atom. The summed E-state index contributed by atoms with van der Waals surface area (Å²) in [6, 6.07) is 6.19. The number of urea groups is 1. The van der Waals surface area contributed by atoms with Gasteiger partial charge in [0.1, 0.15) is 17.3 Å². The van der Waals surface area contributed by atoms with Gasteiger partial charge in [-0.25, -0.2) is 9.78 Å². The smallest absolute Gasteiger partial charge is 0.416 e. The van der Waals surface area contributed by atoms with Crippen molar-refractivity contribution in [3.05, 3.63) is 42.1 Å². The summed E-state index contributed by atoms with van der Waals surface area (Å²) in [6.07, 6.45) is 3.86. The largest absolute Gasteiger partial charge is 0.495 e. The molecule has 0 unspecified atom stereocenters. The third-order valence-corrected chi connectivity index (χ3v) is 6.48. The minimum atomic E-state index is -4.51. The van der Waals surface area contributed by atoms with Crippen LogP contribution in [0.25, 0.3) is 0 Å². The van der Waals surface area contributed by atoms with E-state index in [2.05, 4.69) is 20.5 Å². The number of anilines is 2. The highest BCUT2D eigenvalue weighted by Crippen LogP contribution is 2.35. The van der Waals surface area contributed by atoms with Crippen molar-refractivity contribution >= 4 is 17.5 Å². The van der Waals surface area contributed by atoms with E-state index >= 15 is 0 Å². The average molecular weight is 493 g/mol. The predicted octanol–water partition coefficient (Wildman–Crippen LogP) is 5.61. The van der Waals surface area contributed by atoms with Gasteiger partial charge in [0.25, 0.3) is 0 Å². The summed E-state index contributed by atoms with van der Waals surface area (Å²) in [5, 5.41) is 5.35. The third kappa shape index (κ3) is 6.70. The van der Waals surface area contributed by atoms with Gasteiger partial charge >= 0.3 is 12.2 Å². The van der Waals surface area contributed by atoms with Gasteiger partial charge in [-0.15, -0.1) is 0 Å². The number of carbonyl (C=O) groups excluding carboxylic acids is 1. The molecule has 1 saturated carbocycles. The zero-order valence-electron chi connectivity index (χ0n) is 19.7. The number of methoxy groups -OCH3 is 1. The van der Waals surface area contributed by atoms with E-state index in [1.807, 2.05) is 12.1 Å². The molecule has 2 amide bonds. The van der Waals surface area contributed by atoms with Crippen molar-refractivity contribution in [1.82, 2.24) is 10.3 Å². The number of carbonyl (C=O) groups is 1. The van der Waals surface area contributed by atoms with Crippen molar-refractivity contribution < 1.29 is 27.4 Å². The lowest BCUT2D eigenvalue weighted by atomic mass is 9.93. The van der Waals surface area contributed by atoms with Crippen LogP contribution in [0.5, 0.6) is 11.5 Å². The first kappa shape index (κ1) is 24.9. The van der Waals surface area contributed by atoms with Crippen LogP contribution in [-0.4, -0.2) is 43.4 Å². The van der Waals surface area contributed by atoms with Gasteiger partial charge in [0, 0.05) is 31.4 Å². The first-order valence-corrected chi connectivity index (χ1v) is 12.0. The van der Waals surface area contributed by atoms with Gasteiger partial charge < -0.3 is 25.0 Å². The number of piperidine rings is 1. The summed E-state index contributed by atoms with van der Waals surface area (Å²) in [6.45, 7) is 2.03. The second-order valence-corrected chi connectivity index (χ2v) is 9.00. The van der Waals surface area contributed by atoms with E-state index in [1.165, 1.54) is 32.4 Å².